The van der Waals surface area contributed by atoms with E-state index < -0.39 is 0 Å². The van der Waals surface area contributed by atoms with Crippen molar-refractivity contribution in [1.82, 2.24) is 5.32 Å². The van der Waals surface area contributed by atoms with Crippen LogP contribution in [0.5, 0.6) is 0 Å². The van der Waals surface area contributed by atoms with Gasteiger partial charge in [0.05, 0.1) is 19.8 Å². The van der Waals surface area contributed by atoms with Gasteiger partial charge in [0, 0.05) is 6.54 Å². The first kappa shape index (κ1) is 11.1. The summed E-state index contributed by atoms with van der Waals surface area (Å²) in [6, 6.07) is 0. The topological polar surface area (TPSA) is 64.3 Å². The molecule has 0 aliphatic carbocycles. The van der Waals surface area contributed by atoms with Crippen molar-refractivity contribution in [2.75, 3.05) is 26.3 Å². The van der Waals surface area contributed by atoms with Crippen LogP contribution >= 0.6 is 0 Å². The van der Waals surface area contributed by atoms with Crippen molar-refractivity contribution in [3.05, 3.63) is 12.7 Å². The van der Waals surface area contributed by atoms with E-state index >= 15 is 0 Å². The number of hydrogen-bond donors (Lipinski definition) is 2. The van der Waals surface area contributed by atoms with Crippen LogP contribution in [0.2, 0.25) is 0 Å². The Kier molecular flexibility index (Phi) is 7.63. The maximum absolute atomic E-state index is 10.2. The van der Waals surface area contributed by atoms with Gasteiger partial charge in [-0.3, -0.25) is 4.79 Å². The standard InChI is InChI=1S/C8H16N2O2/c1-2-3-5-12-6-4-10-7-8(9)11/h2,10H,1,3-7H2,(H2,9,11). The lowest BCUT2D eigenvalue weighted by Gasteiger charge is -2.02. The third kappa shape index (κ3) is 9.13. The highest BCUT2D eigenvalue weighted by atomic mass is 16.5. The molecule has 0 aliphatic heterocycles. The molecule has 0 fully saturated rings. The quantitative estimate of drug-likeness (QED) is 0.388. The summed E-state index contributed by atoms with van der Waals surface area (Å²) < 4.78 is 5.17. The van der Waals surface area contributed by atoms with Crippen molar-refractivity contribution in [3.8, 4) is 0 Å². The molecular formula is C8H16N2O2. The van der Waals surface area contributed by atoms with Gasteiger partial charge < -0.3 is 15.8 Å². The first-order valence-corrected chi connectivity index (χ1v) is 3.95. The van der Waals surface area contributed by atoms with Crippen LogP contribution in [0.4, 0.5) is 0 Å². The van der Waals surface area contributed by atoms with Crippen molar-refractivity contribution in [3.63, 3.8) is 0 Å². The summed E-state index contributed by atoms with van der Waals surface area (Å²) in [5, 5.41) is 2.84. The first-order valence-electron chi connectivity index (χ1n) is 3.95. The Labute approximate surface area is 72.8 Å². The Balaban J connectivity index is 2.90. The van der Waals surface area contributed by atoms with Crippen LogP contribution in [-0.4, -0.2) is 32.2 Å². The zero-order chi connectivity index (χ0) is 9.23. The van der Waals surface area contributed by atoms with Crippen LogP contribution in [0.25, 0.3) is 0 Å². The molecule has 0 rings (SSSR count). The predicted octanol–water partition coefficient (Wildman–Crippen LogP) is -0.346. The van der Waals surface area contributed by atoms with Crippen molar-refractivity contribution in [2.24, 2.45) is 5.73 Å². The molecule has 0 atom stereocenters. The Bertz CT molecular complexity index is 137. The summed E-state index contributed by atoms with van der Waals surface area (Å²) in [6.07, 6.45) is 2.66. The SMILES string of the molecule is C=CCCOCCNCC(N)=O. The van der Waals surface area contributed by atoms with Gasteiger partial charge in [-0.25, -0.2) is 0 Å². The highest BCUT2D eigenvalue weighted by Crippen LogP contribution is 1.81. The molecule has 12 heavy (non-hydrogen) atoms. The molecule has 0 spiro atoms. The molecule has 4 nitrogen and oxygen atoms in total. The summed E-state index contributed by atoms with van der Waals surface area (Å²) in [5.41, 5.74) is 4.90. The number of ether oxygens (including phenoxy) is 1. The zero-order valence-corrected chi connectivity index (χ0v) is 7.21. The number of amides is 1. The molecule has 4 heteroatoms. The number of nitrogens with one attached hydrogen (secondary N) is 1. The van der Waals surface area contributed by atoms with Crippen LogP contribution in [0.1, 0.15) is 6.42 Å². The molecule has 3 N–H and O–H groups in total. The second-order valence-corrected chi connectivity index (χ2v) is 2.33. The van der Waals surface area contributed by atoms with Gasteiger partial charge in [-0.1, -0.05) is 6.08 Å². The monoisotopic (exact) mass is 172 g/mol. The fourth-order valence-electron chi connectivity index (χ4n) is 0.625. The van der Waals surface area contributed by atoms with E-state index in [0.29, 0.717) is 19.8 Å². The van der Waals surface area contributed by atoms with E-state index in [2.05, 4.69) is 11.9 Å². The van der Waals surface area contributed by atoms with Gasteiger partial charge in [0.25, 0.3) is 0 Å². The zero-order valence-electron chi connectivity index (χ0n) is 7.21. The minimum atomic E-state index is -0.346. The van der Waals surface area contributed by atoms with Crippen molar-refractivity contribution >= 4 is 5.91 Å². The van der Waals surface area contributed by atoms with Crippen LogP contribution in [-0.2, 0) is 9.53 Å². The molecule has 0 aliphatic rings. The van der Waals surface area contributed by atoms with Crippen LogP contribution in [0.15, 0.2) is 12.7 Å². The molecule has 70 valence electrons. The molecule has 0 aromatic carbocycles. The fraction of sp³-hybridized carbons (Fsp3) is 0.625. The molecule has 0 saturated carbocycles. The Hall–Kier alpha value is -0.870. The first-order chi connectivity index (χ1) is 5.77. The van der Waals surface area contributed by atoms with Crippen LogP contribution in [0, 0.1) is 0 Å². The Morgan fingerprint density at radius 2 is 2.33 bits per heavy atom. The molecule has 0 heterocycles. The van der Waals surface area contributed by atoms with Gasteiger partial charge in [-0.2, -0.15) is 0 Å². The van der Waals surface area contributed by atoms with E-state index in [1.54, 1.807) is 6.08 Å². The maximum Gasteiger partial charge on any atom is 0.231 e. The molecule has 1 amide bonds. The van der Waals surface area contributed by atoms with E-state index in [1.165, 1.54) is 0 Å². The highest BCUT2D eigenvalue weighted by Gasteiger charge is 1.91. The van der Waals surface area contributed by atoms with E-state index in [1.807, 2.05) is 0 Å². The second kappa shape index (κ2) is 8.23. The van der Waals surface area contributed by atoms with E-state index in [9.17, 15) is 4.79 Å². The van der Waals surface area contributed by atoms with Crippen molar-refractivity contribution in [2.45, 2.75) is 6.42 Å². The van der Waals surface area contributed by atoms with Gasteiger partial charge in [0.15, 0.2) is 0 Å². The molecular weight excluding hydrogens is 156 g/mol. The Morgan fingerprint density at radius 3 is 2.92 bits per heavy atom. The minimum Gasteiger partial charge on any atom is -0.380 e. The number of carbonyl (C=O) groups is 1. The van der Waals surface area contributed by atoms with Gasteiger partial charge in [-0.15, -0.1) is 6.58 Å². The number of nitrogens with two attached hydrogens (primary N) is 1. The lowest BCUT2D eigenvalue weighted by Crippen LogP contribution is -2.30. The number of carbonyl (C=O) groups excluding carboxylic acids is 1. The van der Waals surface area contributed by atoms with Crippen molar-refractivity contribution < 1.29 is 9.53 Å². The summed E-state index contributed by atoms with van der Waals surface area (Å²) in [5.74, 6) is -0.346. The summed E-state index contributed by atoms with van der Waals surface area (Å²) in [7, 11) is 0. The highest BCUT2D eigenvalue weighted by molar-refractivity contribution is 5.75. The lowest BCUT2D eigenvalue weighted by molar-refractivity contribution is -0.117. The Morgan fingerprint density at radius 1 is 1.58 bits per heavy atom. The summed E-state index contributed by atoms with van der Waals surface area (Å²) >= 11 is 0. The predicted molar refractivity (Wildman–Crippen MR) is 47.7 cm³/mol. The third-order valence-corrected chi connectivity index (χ3v) is 1.19. The fourth-order valence-corrected chi connectivity index (χ4v) is 0.625. The molecule has 0 aromatic rings. The molecule has 0 aromatic heterocycles. The molecule has 0 radical (unpaired) electrons. The average molecular weight is 172 g/mol. The van der Waals surface area contributed by atoms with E-state index in [4.69, 9.17) is 10.5 Å². The number of primary amides is 1. The number of hydrogen-bond acceptors (Lipinski definition) is 3. The van der Waals surface area contributed by atoms with E-state index in [-0.39, 0.29) is 12.5 Å². The lowest BCUT2D eigenvalue weighted by atomic mass is 10.4. The minimum absolute atomic E-state index is 0.213. The second-order valence-electron chi connectivity index (χ2n) is 2.33. The van der Waals surface area contributed by atoms with Gasteiger partial charge in [-0.05, 0) is 6.42 Å². The average Bonchev–Trinajstić information content (AvgIpc) is 2.02. The molecule has 0 bridgehead atoms. The van der Waals surface area contributed by atoms with Gasteiger partial charge >= 0.3 is 0 Å². The summed E-state index contributed by atoms with van der Waals surface area (Å²) in [6.45, 7) is 5.71. The molecule has 0 saturated heterocycles. The normalized spacial score (nSPS) is 9.67. The van der Waals surface area contributed by atoms with Crippen molar-refractivity contribution in [1.29, 1.82) is 0 Å². The van der Waals surface area contributed by atoms with Gasteiger partial charge in [0.2, 0.25) is 5.91 Å². The largest absolute Gasteiger partial charge is 0.380 e. The van der Waals surface area contributed by atoms with Crippen LogP contribution < -0.4 is 11.1 Å². The third-order valence-electron chi connectivity index (χ3n) is 1.19. The van der Waals surface area contributed by atoms with E-state index in [0.717, 1.165) is 6.42 Å². The summed E-state index contributed by atoms with van der Waals surface area (Å²) in [4.78, 5) is 10.2. The molecule has 0 unspecified atom stereocenters. The van der Waals surface area contributed by atoms with Gasteiger partial charge in [0.1, 0.15) is 0 Å². The maximum atomic E-state index is 10.2. The van der Waals surface area contributed by atoms with Crippen LogP contribution in [0.3, 0.4) is 0 Å². The number of rotatable bonds is 8. The smallest absolute Gasteiger partial charge is 0.231 e.